The zero-order chi connectivity index (χ0) is 12.1. The molecule has 4 nitrogen and oxygen atoms in total. The molecule has 0 radical (unpaired) electrons. The number of aldehydes is 1. The highest BCUT2D eigenvalue weighted by molar-refractivity contribution is 5.75. The molecule has 1 heterocycles. The topological polar surface area (TPSA) is 43.8 Å². The van der Waals surface area contributed by atoms with Crippen molar-refractivity contribution in [2.24, 2.45) is 0 Å². The van der Waals surface area contributed by atoms with Crippen molar-refractivity contribution >= 4 is 12.0 Å². The summed E-state index contributed by atoms with van der Waals surface area (Å²) in [7, 11) is 0. The lowest BCUT2D eigenvalue weighted by Crippen LogP contribution is -2.47. The summed E-state index contributed by atoms with van der Waals surface area (Å²) in [6.07, 6.45) is 0.864. The molecule has 0 bridgehead atoms. The molecule has 1 saturated heterocycles. The minimum Gasteiger partial charge on any atom is -0.395 e. The molecule has 1 aromatic carbocycles. The van der Waals surface area contributed by atoms with E-state index in [-0.39, 0.29) is 6.61 Å². The van der Waals surface area contributed by atoms with Crippen LogP contribution < -0.4 is 4.90 Å². The Kier molecular flexibility index (Phi) is 4.12. The van der Waals surface area contributed by atoms with E-state index in [1.807, 2.05) is 24.3 Å². The third-order valence-corrected chi connectivity index (χ3v) is 3.18. The van der Waals surface area contributed by atoms with Gasteiger partial charge in [0, 0.05) is 44.0 Å². The minimum absolute atomic E-state index is 0.230. The van der Waals surface area contributed by atoms with Crippen LogP contribution in [0.2, 0.25) is 0 Å². The number of anilines is 1. The Morgan fingerprint density at radius 3 is 2.29 bits per heavy atom. The fourth-order valence-corrected chi connectivity index (χ4v) is 2.13. The van der Waals surface area contributed by atoms with Gasteiger partial charge in [-0.2, -0.15) is 0 Å². The Morgan fingerprint density at radius 1 is 1.12 bits per heavy atom. The zero-order valence-corrected chi connectivity index (χ0v) is 9.88. The fourth-order valence-electron chi connectivity index (χ4n) is 2.13. The van der Waals surface area contributed by atoms with E-state index in [4.69, 9.17) is 5.11 Å². The summed E-state index contributed by atoms with van der Waals surface area (Å²) >= 11 is 0. The lowest BCUT2D eigenvalue weighted by atomic mass is 10.2. The summed E-state index contributed by atoms with van der Waals surface area (Å²) < 4.78 is 0. The van der Waals surface area contributed by atoms with E-state index in [1.54, 1.807) is 0 Å². The van der Waals surface area contributed by atoms with Crippen molar-refractivity contribution < 1.29 is 9.90 Å². The van der Waals surface area contributed by atoms with Gasteiger partial charge in [0.05, 0.1) is 6.61 Å². The van der Waals surface area contributed by atoms with Crippen molar-refractivity contribution in [3.05, 3.63) is 29.8 Å². The lowest BCUT2D eigenvalue weighted by Gasteiger charge is -2.35. The largest absolute Gasteiger partial charge is 0.395 e. The second-order valence-electron chi connectivity index (χ2n) is 4.26. The van der Waals surface area contributed by atoms with Gasteiger partial charge in [-0.1, -0.05) is 0 Å². The maximum Gasteiger partial charge on any atom is 0.150 e. The lowest BCUT2D eigenvalue weighted by molar-refractivity contribution is 0.112. The van der Waals surface area contributed by atoms with E-state index in [2.05, 4.69) is 9.80 Å². The Balaban J connectivity index is 1.93. The highest BCUT2D eigenvalue weighted by atomic mass is 16.3. The zero-order valence-electron chi connectivity index (χ0n) is 9.88. The van der Waals surface area contributed by atoms with Crippen LogP contribution in [-0.4, -0.2) is 55.6 Å². The second kappa shape index (κ2) is 5.80. The molecule has 1 aliphatic rings. The van der Waals surface area contributed by atoms with Gasteiger partial charge < -0.3 is 10.0 Å². The molecule has 2 rings (SSSR count). The number of nitrogens with zero attached hydrogens (tertiary/aromatic N) is 2. The highest BCUT2D eigenvalue weighted by Crippen LogP contribution is 2.16. The maximum absolute atomic E-state index is 10.6. The summed E-state index contributed by atoms with van der Waals surface area (Å²) in [5, 5.41) is 8.87. The Labute approximate surface area is 101 Å². The van der Waals surface area contributed by atoms with Crippen molar-refractivity contribution in [3.63, 3.8) is 0 Å². The summed E-state index contributed by atoms with van der Waals surface area (Å²) in [5.74, 6) is 0. The van der Waals surface area contributed by atoms with E-state index >= 15 is 0 Å². The summed E-state index contributed by atoms with van der Waals surface area (Å²) in [4.78, 5) is 15.1. The number of carbonyl (C=O) groups excluding carboxylic acids is 1. The van der Waals surface area contributed by atoms with Gasteiger partial charge in [-0.3, -0.25) is 9.69 Å². The second-order valence-corrected chi connectivity index (χ2v) is 4.26. The molecule has 0 amide bonds. The van der Waals surface area contributed by atoms with Crippen LogP contribution in [0.5, 0.6) is 0 Å². The number of carbonyl (C=O) groups is 1. The first-order valence-electron chi connectivity index (χ1n) is 5.97. The van der Waals surface area contributed by atoms with Crippen LogP contribution in [-0.2, 0) is 0 Å². The first-order chi connectivity index (χ1) is 8.33. The van der Waals surface area contributed by atoms with Crippen LogP contribution in [0.3, 0.4) is 0 Å². The molecule has 17 heavy (non-hydrogen) atoms. The van der Waals surface area contributed by atoms with Crippen molar-refractivity contribution in [2.45, 2.75) is 0 Å². The van der Waals surface area contributed by atoms with Gasteiger partial charge >= 0.3 is 0 Å². The van der Waals surface area contributed by atoms with E-state index in [0.717, 1.165) is 39.0 Å². The van der Waals surface area contributed by atoms with Gasteiger partial charge in [-0.05, 0) is 24.3 Å². The monoisotopic (exact) mass is 234 g/mol. The van der Waals surface area contributed by atoms with E-state index in [9.17, 15) is 4.79 Å². The molecule has 1 fully saturated rings. The first kappa shape index (κ1) is 12.1. The number of rotatable bonds is 4. The Bertz CT molecular complexity index is 356. The van der Waals surface area contributed by atoms with Gasteiger partial charge in [0.15, 0.2) is 0 Å². The molecular weight excluding hydrogens is 216 g/mol. The van der Waals surface area contributed by atoms with Crippen molar-refractivity contribution in [1.82, 2.24) is 4.90 Å². The molecule has 0 unspecified atom stereocenters. The summed E-state index contributed by atoms with van der Waals surface area (Å²) in [6, 6.07) is 7.68. The fraction of sp³-hybridized carbons (Fsp3) is 0.462. The van der Waals surface area contributed by atoms with Crippen LogP contribution in [0.1, 0.15) is 10.4 Å². The molecule has 1 N–H and O–H groups in total. The molecule has 92 valence electrons. The van der Waals surface area contributed by atoms with Gasteiger partial charge in [-0.15, -0.1) is 0 Å². The van der Waals surface area contributed by atoms with Crippen LogP contribution in [0.25, 0.3) is 0 Å². The number of hydrogen-bond donors (Lipinski definition) is 1. The quantitative estimate of drug-likeness (QED) is 0.775. The van der Waals surface area contributed by atoms with Crippen LogP contribution in [0.15, 0.2) is 24.3 Å². The molecule has 0 atom stereocenters. The standard InChI is InChI=1S/C13H18N2O2/c16-10-9-14-5-7-15(8-6-14)13-3-1-12(11-17)2-4-13/h1-4,11,16H,5-10H2. The number of aliphatic hydroxyl groups excluding tert-OH is 1. The number of piperazine rings is 1. The number of hydrogen-bond acceptors (Lipinski definition) is 4. The maximum atomic E-state index is 10.6. The molecule has 0 spiro atoms. The third-order valence-electron chi connectivity index (χ3n) is 3.18. The van der Waals surface area contributed by atoms with Crippen molar-refractivity contribution in [1.29, 1.82) is 0 Å². The predicted octanol–water partition coefficient (Wildman–Crippen LogP) is 0.613. The van der Waals surface area contributed by atoms with Gasteiger partial charge in [0.2, 0.25) is 0 Å². The first-order valence-corrected chi connectivity index (χ1v) is 5.97. The molecular formula is C13H18N2O2. The van der Waals surface area contributed by atoms with E-state index < -0.39 is 0 Å². The third kappa shape index (κ3) is 3.05. The molecule has 0 saturated carbocycles. The van der Waals surface area contributed by atoms with Crippen LogP contribution >= 0.6 is 0 Å². The van der Waals surface area contributed by atoms with E-state index in [0.29, 0.717) is 5.56 Å². The molecule has 0 aromatic heterocycles. The van der Waals surface area contributed by atoms with Crippen LogP contribution in [0, 0.1) is 0 Å². The number of aliphatic hydroxyl groups is 1. The molecule has 0 aliphatic carbocycles. The normalized spacial score (nSPS) is 17.1. The SMILES string of the molecule is O=Cc1ccc(N2CCN(CCO)CC2)cc1. The van der Waals surface area contributed by atoms with E-state index in [1.165, 1.54) is 5.69 Å². The predicted molar refractivity (Wildman–Crippen MR) is 67.6 cm³/mol. The number of benzene rings is 1. The average Bonchev–Trinajstić information content (AvgIpc) is 2.40. The molecule has 1 aliphatic heterocycles. The average molecular weight is 234 g/mol. The molecule has 1 aromatic rings. The van der Waals surface area contributed by atoms with Crippen LogP contribution in [0.4, 0.5) is 5.69 Å². The summed E-state index contributed by atoms with van der Waals surface area (Å²) in [5.41, 5.74) is 1.88. The Hall–Kier alpha value is -1.39. The highest BCUT2D eigenvalue weighted by Gasteiger charge is 2.16. The summed E-state index contributed by atoms with van der Waals surface area (Å²) in [6.45, 7) is 4.90. The van der Waals surface area contributed by atoms with Crippen molar-refractivity contribution in [2.75, 3.05) is 44.2 Å². The van der Waals surface area contributed by atoms with Crippen molar-refractivity contribution in [3.8, 4) is 0 Å². The van der Waals surface area contributed by atoms with Gasteiger partial charge in [0.25, 0.3) is 0 Å². The minimum atomic E-state index is 0.230. The van der Waals surface area contributed by atoms with Gasteiger partial charge in [-0.25, -0.2) is 0 Å². The smallest absolute Gasteiger partial charge is 0.150 e. The van der Waals surface area contributed by atoms with Gasteiger partial charge in [0.1, 0.15) is 6.29 Å². The number of β-amino-alcohol motifs (C(OH)–C–C–N with tert-alkyl or cyclic N) is 1. The Morgan fingerprint density at radius 2 is 1.76 bits per heavy atom. The molecule has 4 heteroatoms.